The van der Waals surface area contributed by atoms with E-state index in [1.165, 1.54) is 19.5 Å². The van der Waals surface area contributed by atoms with Crippen LogP contribution >= 0.6 is 0 Å². The Hall–Kier alpha value is -1.50. The van der Waals surface area contributed by atoms with Gasteiger partial charge >= 0.3 is 0 Å². The minimum Gasteiger partial charge on any atom is -0.492 e. The van der Waals surface area contributed by atoms with Crippen LogP contribution in [-0.4, -0.2) is 42.9 Å². The van der Waals surface area contributed by atoms with E-state index >= 15 is 0 Å². The van der Waals surface area contributed by atoms with Gasteiger partial charge in [-0.1, -0.05) is 25.7 Å². The highest BCUT2D eigenvalue weighted by atomic mass is 16.5. The minimum atomic E-state index is -0.106. The van der Waals surface area contributed by atoms with Crippen molar-refractivity contribution in [1.82, 2.24) is 4.90 Å². The van der Waals surface area contributed by atoms with Gasteiger partial charge in [0.2, 0.25) is 0 Å². The van der Waals surface area contributed by atoms with Crippen molar-refractivity contribution in [2.75, 3.05) is 32.8 Å². The fourth-order valence-corrected chi connectivity index (χ4v) is 2.62. The molecule has 0 radical (unpaired) electrons. The Morgan fingerprint density at radius 3 is 2.67 bits per heavy atom. The van der Waals surface area contributed by atoms with E-state index in [0.717, 1.165) is 36.3 Å². The average molecular weight is 287 g/mol. The lowest BCUT2D eigenvalue weighted by molar-refractivity contribution is 0.119. The van der Waals surface area contributed by atoms with Gasteiger partial charge in [0.15, 0.2) is 0 Å². The second kappa shape index (κ2) is 8.07. The maximum Gasteiger partial charge on any atom is 0.119 e. The summed E-state index contributed by atoms with van der Waals surface area (Å²) in [5.74, 6) is 8.01. The van der Waals surface area contributed by atoms with E-state index in [4.69, 9.17) is 9.84 Å². The molecule has 0 aliphatic carbocycles. The summed E-state index contributed by atoms with van der Waals surface area (Å²) in [6.07, 6.45) is 1.29. The van der Waals surface area contributed by atoms with Crippen molar-refractivity contribution < 1.29 is 9.84 Å². The Kier molecular flexibility index (Phi) is 6.10. The first-order valence-electron chi connectivity index (χ1n) is 7.74. The molecule has 3 nitrogen and oxygen atoms in total. The van der Waals surface area contributed by atoms with Crippen molar-refractivity contribution >= 4 is 0 Å². The summed E-state index contributed by atoms with van der Waals surface area (Å²) in [5, 5.41) is 8.65. The van der Waals surface area contributed by atoms with Gasteiger partial charge in [-0.15, -0.1) is 0 Å². The molecule has 1 heterocycles. The quantitative estimate of drug-likeness (QED) is 0.863. The van der Waals surface area contributed by atoms with Crippen LogP contribution in [-0.2, 0) is 0 Å². The monoisotopic (exact) mass is 287 g/mol. The predicted molar refractivity (Wildman–Crippen MR) is 85.3 cm³/mol. The average Bonchev–Trinajstić information content (AvgIpc) is 2.50. The van der Waals surface area contributed by atoms with Crippen molar-refractivity contribution in [3.63, 3.8) is 0 Å². The van der Waals surface area contributed by atoms with E-state index in [0.29, 0.717) is 0 Å². The zero-order valence-electron chi connectivity index (χ0n) is 13.0. The molecule has 0 aromatic heterocycles. The first-order valence-corrected chi connectivity index (χ1v) is 7.74. The predicted octanol–water partition coefficient (Wildman–Crippen LogP) is 2.39. The second-order valence-electron chi connectivity index (χ2n) is 5.88. The highest BCUT2D eigenvalue weighted by molar-refractivity contribution is 5.38. The van der Waals surface area contributed by atoms with E-state index in [1.807, 2.05) is 24.3 Å². The molecule has 0 saturated carbocycles. The third kappa shape index (κ3) is 5.08. The second-order valence-corrected chi connectivity index (χ2v) is 5.88. The van der Waals surface area contributed by atoms with Gasteiger partial charge in [-0.2, -0.15) is 0 Å². The zero-order chi connectivity index (χ0) is 15.1. The number of nitrogens with zero attached hydrogens (tertiary/aromatic N) is 1. The normalized spacial score (nSPS) is 22.4. The van der Waals surface area contributed by atoms with Crippen LogP contribution < -0.4 is 4.74 Å². The number of aliphatic hydroxyl groups is 1. The number of aliphatic hydroxyl groups excluding tert-OH is 1. The first-order chi connectivity index (χ1) is 10.2. The molecule has 1 aliphatic rings. The minimum absolute atomic E-state index is 0.106. The maximum absolute atomic E-state index is 8.65. The van der Waals surface area contributed by atoms with Gasteiger partial charge < -0.3 is 9.84 Å². The largest absolute Gasteiger partial charge is 0.492 e. The standard InChI is InChI=1S/C18H25NO2/c1-15-9-10-19(14-16(15)2)11-13-21-18-7-5-17(6-8-18)4-3-12-20/h5-8,15-16,20H,9-14H2,1-2H3. The van der Waals surface area contributed by atoms with Gasteiger partial charge in [-0.3, -0.25) is 4.90 Å². The molecule has 0 bridgehead atoms. The van der Waals surface area contributed by atoms with E-state index in [2.05, 4.69) is 30.6 Å². The fourth-order valence-electron chi connectivity index (χ4n) is 2.62. The van der Waals surface area contributed by atoms with Crippen LogP contribution in [0.5, 0.6) is 5.75 Å². The van der Waals surface area contributed by atoms with Crippen LogP contribution in [0.2, 0.25) is 0 Å². The molecule has 2 rings (SSSR count). The lowest BCUT2D eigenvalue weighted by Crippen LogP contribution is -2.40. The number of hydrogen-bond donors (Lipinski definition) is 1. The van der Waals surface area contributed by atoms with Crippen LogP contribution in [0.25, 0.3) is 0 Å². The Morgan fingerprint density at radius 1 is 1.24 bits per heavy atom. The highest BCUT2D eigenvalue weighted by Gasteiger charge is 2.22. The van der Waals surface area contributed by atoms with Gasteiger partial charge in [0, 0.05) is 18.7 Å². The van der Waals surface area contributed by atoms with Gasteiger partial charge in [0.1, 0.15) is 19.0 Å². The molecule has 2 atom stereocenters. The highest BCUT2D eigenvalue weighted by Crippen LogP contribution is 2.22. The molecule has 1 saturated heterocycles. The number of rotatable bonds is 4. The zero-order valence-corrected chi connectivity index (χ0v) is 13.0. The van der Waals surface area contributed by atoms with Crippen LogP contribution in [0.1, 0.15) is 25.8 Å². The van der Waals surface area contributed by atoms with Crippen molar-refractivity contribution in [2.45, 2.75) is 20.3 Å². The molecule has 21 heavy (non-hydrogen) atoms. The Balaban J connectivity index is 1.73. The summed E-state index contributed by atoms with van der Waals surface area (Å²) >= 11 is 0. The summed E-state index contributed by atoms with van der Waals surface area (Å²) in [5.41, 5.74) is 0.898. The number of piperidine rings is 1. The van der Waals surface area contributed by atoms with E-state index < -0.39 is 0 Å². The molecular formula is C18H25NO2. The number of ether oxygens (including phenoxy) is 1. The van der Waals surface area contributed by atoms with Crippen LogP contribution in [0.3, 0.4) is 0 Å². The smallest absolute Gasteiger partial charge is 0.119 e. The fraction of sp³-hybridized carbons (Fsp3) is 0.556. The summed E-state index contributed by atoms with van der Waals surface area (Å²) in [6, 6.07) is 7.70. The molecule has 0 spiro atoms. The number of hydrogen-bond acceptors (Lipinski definition) is 3. The van der Waals surface area contributed by atoms with Crippen molar-refractivity contribution in [2.24, 2.45) is 11.8 Å². The number of likely N-dealkylation sites (tertiary alicyclic amines) is 1. The molecule has 1 fully saturated rings. The molecule has 114 valence electrons. The van der Waals surface area contributed by atoms with Gasteiger partial charge in [0.25, 0.3) is 0 Å². The van der Waals surface area contributed by atoms with Crippen LogP contribution in [0.15, 0.2) is 24.3 Å². The molecule has 1 aliphatic heterocycles. The molecule has 2 unspecified atom stereocenters. The molecule has 1 N–H and O–H groups in total. The molecule has 1 aromatic carbocycles. The molecular weight excluding hydrogens is 262 g/mol. The topological polar surface area (TPSA) is 32.7 Å². The summed E-state index contributed by atoms with van der Waals surface area (Å²) < 4.78 is 5.79. The third-order valence-corrected chi connectivity index (χ3v) is 4.26. The van der Waals surface area contributed by atoms with Crippen molar-refractivity contribution in [1.29, 1.82) is 0 Å². The Bertz CT molecular complexity index is 486. The van der Waals surface area contributed by atoms with Gasteiger partial charge in [-0.05, 0) is 49.1 Å². The first kappa shape index (κ1) is 15.9. The Morgan fingerprint density at radius 2 is 2.00 bits per heavy atom. The van der Waals surface area contributed by atoms with E-state index in [1.54, 1.807) is 0 Å². The molecule has 1 aromatic rings. The summed E-state index contributed by atoms with van der Waals surface area (Å²) in [7, 11) is 0. The van der Waals surface area contributed by atoms with Crippen LogP contribution in [0, 0.1) is 23.7 Å². The summed E-state index contributed by atoms with van der Waals surface area (Å²) in [4.78, 5) is 2.49. The molecule has 3 heteroatoms. The maximum atomic E-state index is 8.65. The summed E-state index contributed by atoms with van der Waals surface area (Å²) in [6.45, 7) is 8.66. The Labute approximate surface area is 127 Å². The van der Waals surface area contributed by atoms with E-state index in [9.17, 15) is 0 Å². The lowest BCUT2D eigenvalue weighted by Gasteiger charge is -2.35. The third-order valence-electron chi connectivity index (χ3n) is 4.26. The number of benzene rings is 1. The lowest BCUT2D eigenvalue weighted by atomic mass is 9.89. The van der Waals surface area contributed by atoms with Crippen LogP contribution in [0.4, 0.5) is 0 Å². The van der Waals surface area contributed by atoms with Crippen molar-refractivity contribution in [3.05, 3.63) is 29.8 Å². The SMILES string of the molecule is CC1CCN(CCOc2ccc(C#CCO)cc2)CC1C. The van der Waals surface area contributed by atoms with E-state index in [-0.39, 0.29) is 6.61 Å². The van der Waals surface area contributed by atoms with Gasteiger partial charge in [-0.25, -0.2) is 0 Å². The van der Waals surface area contributed by atoms with Crippen molar-refractivity contribution in [3.8, 4) is 17.6 Å². The molecule has 0 amide bonds. The van der Waals surface area contributed by atoms with Gasteiger partial charge in [0.05, 0.1) is 0 Å².